The van der Waals surface area contributed by atoms with Crippen LogP contribution in [-0.4, -0.2) is 32.3 Å². The van der Waals surface area contributed by atoms with E-state index in [2.05, 4.69) is 20.7 Å². The van der Waals surface area contributed by atoms with Crippen molar-refractivity contribution >= 4 is 31.9 Å². The molecule has 0 radical (unpaired) electrons. The molecule has 0 heterocycles. The van der Waals surface area contributed by atoms with Gasteiger partial charge in [-0.25, -0.2) is 13.1 Å². The number of carbonyl (C=O) groups excluding carboxylic acids is 1. The van der Waals surface area contributed by atoms with Crippen LogP contribution >= 0.6 is 15.9 Å². The van der Waals surface area contributed by atoms with E-state index in [9.17, 15) is 13.2 Å². The summed E-state index contributed by atoms with van der Waals surface area (Å²) < 4.78 is 27.8. The Morgan fingerprint density at radius 3 is 2.50 bits per heavy atom. The minimum absolute atomic E-state index is 0.0624. The van der Waals surface area contributed by atoms with Crippen LogP contribution < -0.4 is 4.72 Å². The van der Waals surface area contributed by atoms with Crippen LogP contribution in [0.3, 0.4) is 0 Å². The van der Waals surface area contributed by atoms with E-state index in [1.165, 1.54) is 12.1 Å². The predicted octanol–water partition coefficient (Wildman–Crippen LogP) is 3.56. The third-order valence-corrected chi connectivity index (χ3v) is 5.75. The standard InChI is InChI=1S/C19H23BrN2O3S/c1-2-13-22(15-16-7-4-3-5-8-16)19(23)11-12-21-26(24,25)18-10-6-9-17(20)14-18/h3-10,14,21H,2,11-13,15H2,1H3. The molecular weight excluding hydrogens is 416 g/mol. The maximum Gasteiger partial charge on any atom is 0.240 e. The maximum atomic E-state index is 12.5. The van der Waals surface area contributed by atoms with Crippen molar-refractivity contribution in [2.75, 3.05) is 13.1 Å². The predicted molar refractivity (Wildman–Crippen MR) is 106 cm³/mol. The van der Waals surface area contributed by atoms with Gasteiger partial charge in [-0.3, -0.25) is 4.79 Å². The second-order valence-electron chi connectivity index (χ2n) is 5.91. The van der Waals surface area contributed by atoms with Crippen molar-refractivity contribution in [2.24, 2.45) is 0 Å². The SMILES string of the molecule is CCCN(Cc1ccccc1)C(=O)CCNS(=O)(=O)c1cccc(Br)c1. The average molecular weight is 439 g/mol. The molecule has 0 bridgehead atoms. The summed E-state index contributed by atoms with van der Waals surface area (Å²) >= 11 is 3.26. The quantitative estimate of drug-likeness (QED) is 0.650. The number of hydrogen-bond donors (Lipinski definition) is 1. The molecule has 0 spiro atoms. The molecular formula is C19H23BrN2O3S. The molecule has 0 aromatic heterocycles. The van der Waals surface area contributed by atoms with Crippen LogP contribution in [0.4, 0.5) is 0 Å². The zero-order valence-corrected chi connectivity index (χ0v) is 17.1. The van der Waals surface area contributed by atoms with Crippen molar-refractivity contribution in [3.05, 3.63) is 64.6 Å². The lowest BCUT2D eigenvalue weighted by Crippen LogP contribution is -2.34. The van der Waals surface area contributed by atoms with Crippen LogP contribution in [0, 0.1) is 0 Å². The fourth-order valence-corrected chi connectivity index (χ4v) is 4.16. The van der Waals surface area contributed by atoms with E-state index in [4.69, 9.17) is 0 Å². The molecule has 2 rings (SSSR count). The molecule has 0 saturated heterocycles. The molecule has 0 fully saturated rings. The van der Waals surface area contributed by atoms with Gasteiger partial charge in [0, 0.05) is 30.5 Å². The van der Waals surface area contributed by atoms with Gasteiger partial charge in [-0.2, -0.15) is 0 Å². The van der Waals surface area contributed by atoms with E-state index in [1.807, 2.05) is 37.3 Å². The number of sulfonamides is 1. The lowest BCUT2D eigenvalue weighted by molar-refractivity contribution is -0.131. The molecule has 26 heavy (non-hydrogen) atoms. The summed E-state index contributed by atoms with van der Waals surface area (Å²) in [5, 5.41) is 0. The van der Waals surface area contributed by atoms with E-state index >= 15 is 0 Å². The Morgan fingerprint density at radius 1 is 1.12 bits per heavy atom. The highest BCUT2D eigenvalue weighted by molar-refractivity contribution is 9.10. The van der Waals surface area contributed by atoms with Gasteiger partial charge in [-0.15, -0.1) is 0 Å². The Labute approximate surface area is 163 Å². The lowest BCUT2D eigenvalue weighted by atomic mass is 10.2. The fraction of sp³-hybridized carbons (Fsp3) is 0.316. The van der Waals surface area contributed by atoms with Gasteiger partial charge in [0.1, 0.15) is 0 Å². The van der Waals surface area contributed by atoms with Gasteiger partial charge < -0.3 is 4.90 Å². The summed E-state index contributed by atoms with van der Waals surface area (Å²) in [5.41, 5.74) is 1.06. The first-order valence-corrected chi connectivity index (χ1v) is 10.8. The Kier molecular flexibility index (Phi) is 7.81. The van der Waals surface area contributed by atoms with Gasteiger partial charge in [-0.1, -0.05) is 59.3 Å². The van der Waals surface area contributed by atoms with Crippen LogP contribution in [0.2, 0.25) is 0 Å². The second kappa shape index (κ2) is 9.85. The average Bonchev–Trinajstić information content (AvgIpc) is 2.62. The molecule has 140 valence electrons. The van der Waals surface area contributed by atoms with E-state index in [0.717, 1.165) is 12.0 Å². The third-order valence-electron chi connectivity index (χ3n) is 3.80. The number of carbonyl (C=O) groups is 1. The molecule has 0 unspecified atom stereocenters. The van der Waals surface area contributed by atoms with E-state index in [0.29, 0.717) is 17.6 Å². The minimum atomic E-state index is -3.63. The fourth-order valence-electron chi connectivity index (χ4n) is 2.53. The van der Waals surface area contributed by atoms with Crippen LogP contribution in [0.5, 0.6) is 0 Å². The summed E-state index contributed by atoms with van der Waals surface area (Å²) in [4.78, 5) is 14.4. The van der Waals surface area contributed by atoms with Crippen LogP contribution in [0.25, 0.3) is 0 Å². The largest absolute Gasteiger partial charge is 0.338 e. The Morgan fingerprint density at radius 2 is 1.85 bits per heavy atom. The number of nitrogens with zero attached hydrogens (tertiary/aromatic N) is 1. The zero-order valence-electron chi connectivity index (χ0n) is 14.7. The number of amides is 1. The number of rotatable bonds is 9. The smallest absolute Gasteiger partial charge is 0.240 e. The molecule has 2 aromatic carbocycles. The molecule has 1 amide bonds. The van der Waals surface area contributed by atoms with Crippen LogP contribution in [-0.2, 0) is 21.4 Å². The Balaban J connectivity index is 1.93. The number of benzene rings is 2. The molecule has 5 nitrogen and oxygen atoms in total. The highest BCUT2D eigenvalue weighted by Gasteiger charge is 2.17. The topological polar surface area (TPSA) is 66.5 Å². The summed E-state index contributed by atoms with van der Waals surface area (Å²) in [6, 6.07) is 16.2. The molecule has 0 atom stereocenters. The minimum Gasteiger partial charge on any atom is -0.338 e. The first-order valence-electron chi connectivity index (χ1n) is 8.49. The molecule has 0 aliphatic rings. The molecule has 2 aromatic rings. The van der Waals surface area contributed by atoms with Crippen LogP contribution in [0.15, 0.2) is 64.0 Å². The van der Waals surface area contributed by atoms with E-state index in [-0.39, 0.29) is 23.8 Å². The van der Waals surface area contributed by atoms with E-state index < -0.39 is 10.0 Å². The molecule has 0 saturated carbocycles. The Bertz CT molecular complexity index is 826. The van der Waals surface area contributed by atoms with Gasteiger partial charge in [0.05, 0.1) is 4.90 Å². The van der Waals surface area contributed by atoms with Gasteiger partial charge in [0.15, 0.2) is 0 Å². The lowest BCUT2D eigenvalue weighted by Gasteiger charge is -2.22. The van der Waals surface area contributed by atoms with Gasteiger partial charge in [-0.05, 0) is 30.2 Å². The normalized spacial score (nSPS) is 11.3. The summed E-state index contributed by atoms with van der Waals surface area (Å²) in [5.74, 6) is -0.0624. The molecule has 1 N–H and O–H groups in total. The highest BCUT2D eigenvalue weighted by atomic mass is 79.9. The van der Waals surface area contributed by atoms with Crippen molar-refractivity contribution in [2.45, 2.75) is 31.2 Å². The highest BCUT2D eigenvalue weighted by Crippen LogP contribution is 2.16. The molecule has 7 heteroatoms. The Hall–Kier alpha value is -1.70. The number of nitrogens with one attached hydrogen (secondary N) is 1. The summed E-state index contributed by atoms with van der Waals surface area (Å²) in [6.07, 6.45) is 0.975. The number of hydrogen-bond acceptors (Lipinski definition) is 3. The monoisotopic (exact) mass is 438 g/mol. The third kappa shape index (κ3) is 6.23. The first kappa shape index (κ1) is 20.6. The van der Waals surface area contributed by atoms with Crippen LogP contribution in [0.1, 0.15) is 25.3 Å². The molecule has 0 aliphatic heterocycles. The second-order valence-corrected chi connectivity index (χ2v) is 8.59. The van der Waals surface area contributed by atoms with E-state index in [1.54, 1.807) is 17.0 Å². The van der Waals surface area contributed by atoms with Gasteiger partial charge >= 0.3 is 0 Å². The summed E-state index contributed by atoms with van der Waals surface area (Å²) in [6.45, 7) is 3.27. The van der Waals surface area contributed by atoms with Crippen molar-refractivity contribution in [1.82, 2.24) is 9.62 Å². The van der Waals surface area contributed by atoms with Gasteiger partial charge in [0.2, 0.25) is 15.9 Å². The zero-order chi connectivity index (χ0) is 19.0. The van der Waals surface area contributed by atoms with Gasteiger partial charge in [0.25, 0.3) is 0 Å². The maximum absolute atomic E-state index is 12.5. The van der Waals surface area contributed by atoms with Crippen molar-refractivity contribution in [1.29, 1.82) is 0 Å². The van der Waals surface area contributed by atoms with Crippen molar-refractivity contribution in [3.8, 4) is 0 Å². The van der Waals surface area contributed by atoms with Crippen molar-refractivity contribution in [3.63, 3.8) is 0 Å². The summed E-state index contributed by atoms with van der Waals surface area (Å²) in [7, 11) is -3.63. The van der Waals surface area contributed by atoms with Crippen molar-refractivity contribution < 1.29 is 13.2 Å². The number of halogens is 1. The molecule has 0 aliphatic carbocycles. The first-order chi connectivity index (χ1) is 12.4.